The third kappa shape index (κ3) is 6.69. The second kappa shape index (κ2) is 13.3. The predicted octanol–water partition coefficient (Wildman–Crippen LogP) is 7.39. The molecule has 0 aliphatic heterocycles. The van der Waals surface area contributed by atoms with E-state index in [1.807, 2.05) is 54.6 Å². The molecule has 0 spiro atoms. The average Bonchev–Trinajstić information content (AvgIpc) is 3.36. The van der Waals surface area contributed by atoms with Crippen LogP contribution in [-0.2, 0) is 22.4 Å². The maximum Gasteiger partial charge on any atom is 0.341 e. The zero-order valence-electron chi connectivity index (χ0n) is 23.6. The van der Waals surface area contributed by atoms with E-state index in [4.69, 9.17) is 9.47 Å². The minimum absolute atomic E-state index is 0.240. The van der Waals surface area contributed by atoms with Gasteiger partial charge in [-0.2, -0.15) is 0 Å². The van der Waals surface area contributed by atoms with E-state index in [9.17, 15) is 14.4 Å². The molecular formula is C33H32N2O5S2. The van der Waals surface area contributed by atoms with Crippen LogP contribution < -0.4 is 15.4 Å². The summed E-state index contributed by atoms with van der Waals surface area (Å²) in [4.78, 5) is 41.5. The van der Waals surface area contributed by atoms with Crippen molar-refractivity contribution in [3.63, 3.8) is 0 Å². The van der Waals surface area contributed by atoms with Gasteiger partial charge in [0.25, 0.3) is 5.91 Å². The van der Waals surface area contributed by atoms with Crippen molar-refractivity contribution >= 4 is 51.6 Å². The highest BCUT2D eigenvalue weighted by Gasteiger charge is 2.31. The second-order valence-corrected chi connectivity index (χ2v) is 12.4. The van der Waals surface area contributed by atoms with Gasteiger partial charge < -0.3 is 20.1 Å². The van der Waals surface area contributed by atoms with Gasteiger partial charge in [0.15, 0.2) is 0 Å². The third-order valence-corrected chi connectivity index (χ3v) is 9.59. The second-order valence-electron chi connectivity index (χ2n) is 10.2. The molecule has 0 fully saturated rings. The van der Waals surface area contributed by atoms with Crippen LogP contribution in [-0.4, -0.2) is 32.0 Å². The summed E-state index contributed by atoms with van der Waals surface area (Å²) in [5, 5.41) is 5.93. The number of fused-ring (bicyclic) bond motifs is 1. The first kappa shape index (κ1) is 29.4. The van der Waals surface area contributed by atoms with E-state index in [0.29, 0.717) is 33.5 Å². The van der Waals surface area contributed by atoms with E-state index in [2.05, 4.69) is 17.6 Å². The van der Waals surface area contributed by atoms with Gasteiger partial charge in [-0.05, 0) is 78.8 Å². The molecule has 7 nitrogen and oxygen atoms in total. The molecule has 2 N–H and O–H groups in total. The number of thiophene rings is 1. The Kier molecular flexibility index (Phi) is 9.29. The molecule has 1 heterocycles. The summed E-state index contributed by atoms with van der Waals surface area (Å²) < 4.78 is 10.3. The van der Waals surface area contributed by atoms with Crippen molar-refractivity contribution in [3.8, 4) is 5.75 Å². The van der Waals surface area contributed by atoms with Crippen molar-refractivity contribution < 1.29 is 23.9 Å². The first-order chi connectivity index (χ1) is 20.4. The third-order valence-electron chi connectivity index (χ3n) is 7.18. The molecule has 0 saturated heterocycles. The van der Waals surface area contributed by atoms with Gasteiger partial charge in [-0.15, -0.1) is 23.1 Å². The smallest absolute Gasteiger partial charge is 0.341 e. The highest BCUT2D eigenvalue weighted by molar-refractivity contribution is 8.00. The molecule has 0 saturated carbocycles. The molecule has 2 unspecified atom stereocenters. The lowest BCUT2D eigenvalue weighted by atomic mass is 9.88. The first-order valence-electron chi connectivity index (χ1n) is 13.7. The number of hydrogen-bond acceptors (Lipinski definition) is 7. The summed E-state index contributed by atoms with van der Waals surface area (Å²) in [7, 11) is 2.94. The Morgan fingerprint density at radius 1 is 0.952 bits per heavy atom. The Morgan fingerprint density at radius 2 is 1.71 bits per heavy atom. The van der Waals surface area contributed by atoms with E-state index in [1.165, 1.54) is 30.2 Å². The number of anilines is 2. The van der Waals surface area contributed by atoms with Crippen LogP contribution in [0.1, 0.15) is 55.3 Å². The number of rotatable bonds is 9. The van der Waals surface area contributed by atoms with Crippen LogP contribution in [0.3, 0.4) is 0 Å². The molecule has 1 aromatic heterocycles. The highest BCUT2D eigenvalue weighted by atomic mass is 32.2. The van der Waals surface area contributed by atoms with Crippen molar-refractivity contribution in [2.45, 2.75) is 36.3 Å². The lowest BCUT2D eigenvalue weighted by Gasteiger charge is -2.18. The van der Waals surface area contributed by atoms with Crippen LogP contribution in [0.25, 0.3) is 0 Å². The largest absolute Gasteiger partial charge is 0.497 e. The zero-order valence-corrected chi connectivity index (χ0v) is 25.3. The summed E-state index contributed by atoms with van der Waals surface area (Å²) in [6, 6.07) is 23.8. The lowest BCUT2D eigenvalue weighted by Crippen LogP contribution is -2.20. The molecule has 1 aliphatic carbocycles. The van der Waals surface area contributed by atoms with E-state index < -0.39 is 11.2 Å². The maximum atomic E-state index is 13.9. The molecule has 1 aliphatic rings. The van der Waals surface area contributed by atoms with Gasteiger partial charge in [0.05, 0.1) is 19.8 Å². The van der Waals surface area contributed by atoms with E-state index in [0.717, 1.165) is 40.2 Å². The summed E-state index contributed by atoms with van der Waals surface area (Å²) in [6.07, 6.45) is 2.67. The van der Waals surface area contributed by atoms with Gasteiger partial charge in [-0.1, -0.05) is 43.3 Å². The molecular weight excluding hydrogens is 569 g/mol. The standard InChI is InChI=1S/C33H32N2O5S2/c1-20-12-17-26-27(18-20)42-32(28(26)33(38)40-3)35-31(37)29(21-8-5-4-6-9-21)41-25-11-7-10-23(19-25)34-30(36)22-13-15-24(39-2)16-14-22/h4-11,13-16,19-20,29H,12,17-18H2,1-3H3,(H,34,36)(H,35,37). The fourth-order valence-electron chi connectivity index (χ4n) is 4.96. The van der Waals surface area contributed by atoms with E-state index in [1.54, 1.807) is 31.4 Å². The van der Waals surface area contributed by atoms with E-state index >= 15 is 0 Å². The Bertz CT molecular complexity index is 1580. The molecule has 216 valence electrons. The SMILES string of the molecule is COC(=O)c1c(NC(=O)C(Sc2cccc(NC(=O)c3ccc(OC)cc3)c2)c2ccccc2)sc2c1CCC(C)C2. The zero-order chi connectivity index (χ0) is 29.6. The number of methoxy groups -OCH3 is 2. The Morgan fingerprint density at radius 3 is 2.43 bits per heavy atom. The number of hydrogen-bond donors (Lipinski definition) is 2. The summed E-state index contributed by atoms with van der Waals surface area (Å²) in [6.45, 7) is 2.20. The minimum atomic E-state index is -0.609. The number of carbonyl (C=O) groups is 3. The summed E-state index contributed by atoms with van der Waals surface area (Å²) >= 11 is 2.84. The summed E-state index contributed by atoms with van der Waals surface area (Å²) in [5.41, 5.74) is 3.40. The average molecular weight is 601 g/mol. The first-order valence-corrected chi connectivity index (χ1v) is 15.4. The fraction of sp³-hybridized carbons (Fsp3) is 0.242. The molecule has 5 rings (SSSR count). The number of thioether (sulfide) groups is 1. The van der Waals surface area contributed by atoms with Crippen molar-refractivity contribution in [3.05, 3.63) is 106 Å². The molecule has 0 bridgehead atoms. The molecule has 2 atom stereocenters. The maximum absolute atomic E-state index is 13.9. The van der Waals surface area contributed by atoms with Gasteiger partial charge in [0.2, 0.25) is 5.91 Å². The molecule has 2 amide bonds. The van der Waals surface area contributed by atoms with Crippen molar-refractivity contribution in [1.29, 1.82) is 0 Å². The monoisotopic (exact) mass is 600 g/mol. The minimum Gasteiger partial charge on any atom is -0.497 e. The fourth-order valence-corrected chi connectivity index (χ4v) is 7.45. The van der Waals surface area contributed by atoms with Gasteiger partial charge in [0.1, 0.15) is 16.0 Å². The van der Waals surface area contributed by atoms with Gasteiger partial charge in [0, 0.05) is 21.0 Å². The molecule has 3 aromatic carbocycles. The van der Waals surface area contributed by atoms with Crippen molar-refractivity contribution in [2.24, 2.45) is 5.92 Å². The number of amides is 2. The lowest BCUT2D eigenvalue weighted by molar-refractivity contribution is -0.115. The Labute approximate surface area is 253 Å². The van der Waals surface area contributed by atoms with Crippen LogP contribution in [0.5, 0.6) is 5.75 Å². The molecule has 4 aromatic rings. The number of esters is 1. The Balaban J connectivity index is 1.39. The van der Waals surface area contributed by atoms with E-state index in [-0.39, 0.29) is 11.8 Å². The van der Waals surface area contributed by atoms with Crippen LogP contribution in [0.2, 0.25) is 0 Å². The molecule has 42 heavy (non-hydrogen) atoms. The molecule has 0 radical (unpaired) electrons. The van der Waals surface area contributed by atoms with Gasteiger partial charge in [-0.25, -0.2) is 4.79 Å². The highest BCUT2D eigenvalue weighted by Crippen LogP contribution is 2.42. The Hall–Kier alpha value is -4.08. The quantitative estimate of drug-likeness (QED) is 0.154. The molecule has 9 heteroatoms. The van der Waals surface area contributed by atoms with Crippen LogP contribution in [0, 0.1) is 5.92 Å². The van der Waals surface area contributed by atoms with Gasteiger partial charge >= 0.3 is 5.97 Å². The number of benzene rings is 3. The summed E-state index contributed by atoms with van der Waals surface area (Å²) in [5.74, 6) is 0.280. The van der Waals surface area contributed by atoms with Crippen LogP contribution >= 0.6 is 23.1 Å². The normalized spacial score (nSPS) is 14.8. The van der Waals surface area contributed by atoms with Crippen molar-refractivity contribution in [2.75, 3.05) is 24.9 Å². The van der Waals surface area contributed by atoms with Crippen LogP contribution in [0.4, 0.5) is 10.7 Å². The van der Waals surface area contributed by atoms with Gasteiger partial charge in [-0.3, -0.25) is 9.59 Å². The number of nitrogens with one attached hydrogen (secondary N) is 2. The predicted molar refractivity (Wildman–Crippen MR) is 168 cm³/mol. The topological polar surface area (TPSA) is 93.7 Å². The number of carbonyl (C=O) groups excluding carboxylic acids is 3. The van der Waals surface area contributed by atoms with Crippen molar-refractivity contribution in [1.82, 2.24) is 0 Å². The number of ether oxygens (including phenoxy) is 2. The van der Waals surface area contributed by atoms with Crippen LogP contribution in [0.15, 0.2) is 83.8 Å².